The van der Waals surface area contributed by atoms with Crippen molar-refractivity contribution in [1.82, 2.24) is 34.8 Å². The number of likely N-dealkylation sites (tertiary alicyclic amines) is 1. The zero-order valence-corrected chi connectivity index (χ0v) is 18.2. The number of nitriles is 1. The van der Waals surface area contributed by atoms with Gasteiger partial charge < -0.3 is 9.80 Å². The Morgan fingerprint density at radius 3 is 2.94 bits per heavy atom. The molecule has 5 heterocycles. The second kappa shape index (κ2) is 7.13. The Kier molecular flexibility index (Phi) is 4.20. The highest BCUT2D eigenvalue weighted by Gasteiger charge is 2.45. The summed E-state index contributed by atoms with van der Waals surface area (Å²) in [6.07, 6.45) is 7.15. The number of H-pyrrole nitrogens is 1. The summed E-state index contributed by atoms with van der Waals surface area (Å²) >= 11 is 0. The van der Waals surface area contributed by atoms with Gasteiger partial charge in [-0.1, -0.05) is 0 Å². The molecule has 2 saturated heterocycles. The minimum absolute atomic E-state index is 0.124. The Morgan fingerprint density at radius 2 is 2.12 bits per heavy atom. The summed E-state index contributed by atoms with van der Waals surface area (Å²) in [7, 11) is 1.86. The van der Waals surface area contributed by atoms with Crippen LogP contribution in [0, 0.1) is 18.3 Å². The number of likely N-dealkylation sites (N-methyl/N-ethyl adjacent to an activating group) is 1. The molecule has 2 bridgehead atoms. The predicted octanol–water partition coefficient (Wildman–Crippen LogP) is 2.20. The lowest BCUT2D eigenvalue weighted by molar-refractivity contribution is -0.132. The molecule has 0 saturated carbocycles. The van der Waals surface area contributed by atoms with Gasteiger partial charge in [0.1, 0.15) is 22.8 Å². The van der Waals surface area contributed by atoms with E-state index in [2.05, 4.69) is 31.2 Å². The number of nitrogens with zero attached hydrogens (tertiary/aromatic N) is 8. The SMILES string of the molecule is Cc1cc(C#N)ccc1-n1cc(-c2n[nH]c3cnc(N4C5CCC4C(=O)N(C)C5)nc23)cn1. The van der Waals surface area contributed by atoms with Gasteiger partial charge in [0, 0.05) is 25.4 Å². The van der Waals surface area contributed by atoms with E-state index in [0.717, 1.165) is 35.2 Å². The average Bonchev–Trinajstić information content (AvgIpc) is 3.54. The Labute approximate surface area is 189 Å². The van der Waals surface area contributed by atoms with Crippen LogP contribution in [0.3, 0.4) is 0 Å². The first kappa shape index (κ1) is 19.4. The smallest absolute Gasteiger partial charge is 0.245 e. The van der Waals surface area contributed by atoms with Crippen molar-refractivity contribution in [2.24, 2.45) is 0 Å². The molecule has 0 radical (unpaired) electrons. The summed E-state index contributed by atoms with van der Waals surface area (Å²) in [5.41, 5.74) is 5.37. The first-order valence-corrected chi connectivity index (χ1v) is 10.8. The zero-order chi connectivity index (χ0) is 22.7. The lowest BCUT2D eigenvalue weighted by Crippen LogP contribution is -2.56. The first-order valence-electron chi connectivity index (χ1n) is 10.8. The molecule has 2 aliphatic rings. The molecule has 1 N–H and O–H groups in total. The van der Waals surface area contributed by atoms with Gasteiger partial charge in [-0.15, -0.1) is 0 Å². The zero-order valence-electron chi connectivity index (χ0n) is 18.2. The molecule has 2 aliphatic heterocycles. The number of fused-ring (bicyclic) bond motifs is 3. The molecule has 3 aromatic heterocycles. The van der Waals surface area contributed by atoms with Gasteiger partial charge in [0.25, 0.3) is 0 Å². The van der Waals surface area contributed by atoms with Gasteiger partial charge in [-0.3, -0.25) is 9.89 Å². The number of aryl methyl sites for hydroxylation is 1. The Hall–Kier alpha value is -4.26. The Bertz CT molecular complexity index is 1450. The third-order valence-electron chi connectivity index (χ3n) is 6.60. The van der Waals surface area contributed by atoms with Crippen molar-refractivity contribution in [3.63, 3.8) is 0 Å². The van der Waals surface area contributed by atoms with E-state index in [0.29, 0.717) is 29.3 Å². The normalized spacial score (nSPS) is 20.0. The summed E-state index contributed by atoms with van der Waals surface area (Å²) in [6, 6.07) is 7.68. The van der Waals surface area contributed by atoms with Crippen LogP contribution >= 0.6 is 0 Å². The highest BCUT2D eigenvalue weighted by molar-refractivity contribution is 5.91. The number of hydrogen-bond donors (Lipinski definition) is 1. The Balaban J connectivity index is 1.38. The van der Waals surface area contributed by atoms with E-state index in [4.69, 9.17) is 10.2 Å². The van der Waals surface area contributed by atoms with E-state index < -0.39 is 0 Å². The van der Waals surface area contributed by atoms with Crippen LogP contribution in [0.15, 0.2) is 36.8 Å². The molecule has 0 spiro atoms. The number of aromatic amines is 1. The number of anilines is 1. The molecule has 10 nitrogen and oxygen atoms in total. The summed E-state index contributed by atoms with van der Waals surface area (Å²) in [4.78, 5) is 25.9. The maximum Gasteiger partial charge on any atom is 0.245 e. The molecular formula is C23H21N9O. The maximum absolute atomic E-state index is 12.7. The molecule has 33 heavy (non-hydrogen) atoms. The van der Waals surface area contributed by atoms with Crippen LogP contribution in [0.1, 0.15) is 24.0 Å². The van der Waals surface area contributed by atoms with Crippen molar-refractivity contribution in [2.45, 2.75) is 31.8 Å². The van der Waals surface area contributed by atoms with Crippen molar-refractivity contribution in [2.75, 3.05) is 18.5 Å². The van der Waals surface area contributed by atoms with Crippen molar-refractivity contribution in [3.05, 3.63) is 47.9 Å². The molecule has 164 valence electrons. The summed E-state index contributed by atoms with van der Waals surface area (Å²) in [5.74, 6) is 0.688. The van der Waals surface area contributed by atoms with Crippen LogP contribution < -0.4 is 4.90 Å². The molecule has 6 rings (SSSR count). The molecule has 1 aromatic carbocycles. The van der Waals surface area contributed by atoms with Crippen LogP contribution in [-0.4, -0.2) is 66.4 Å². The van der Waals surface area contributed by atoms with Crippen molar-refractivity contribution in [3.8, 4) is 23.0 Å². The van der Waals surface area contributed by atoms with Crippen molar-refractivity contribution >= 4 is 22.9 Å². The highest BCUT2D eigenvalue weighted by atomic mass is 16.2. The van der Waals surface area contributed by atoms with Crippen molar-refractivity contribution in [1.29, 1.82) is 5.26 Å². The third-order valence-corrected chi connectivity index (χ3v) is 6.60. The molecule has 2 atom stereocenters. The summed E-state index contributed by atoms with van der Waals surface area (Å²) in [6.45, 7) is 2.64. The predicted molar refractivity (Wildman–Crippen MR) is 121 cm³/mol. The summed E-state index contributed by atoms with van der Waals surface area (Å²) < 4.78 is 1.77. The molecule has 2 unspecified atom stereocenters. The largest absolute Gasteiger partial charge is 0.342 e. The standard InChI is InChI=1S/C23H21N9O/c1-13-7-14(8-24)3-5-18(13)31-11-15(9-26-31)20-21-17(28-29-20)10-25-23(27-21)32-16-4-6-19(32)22(33)30(2)12-16/h3,5,7,9-11,16,19H,4,6,12H2,1-2H3,(H,28,29). The number of rotatable bonds is 3. The number of carbonyl (C=O) groups is 1. The number of aromatic nitrogens is 6. The average molecular weight is 439 g/mol. The highest BCUT2D eigenvalue weighted by Crippen LogP contribution is 2.35. The number of nitrogens with one attached hydrogen (secondary N) is 1. The summed E-state index contributed by atoms with van der Waals surface area (Å²) in [5, 5.41) is 21.1. The molecule has 1 amide bonds. The molecule has 10 heteroatoms. The van der Waals surface area contributed by atoms with Crippen molar-refractivity contribution < 1.29 is 4.79 Å². The topological polar surface area (TPSA) is 120 Å². The van der Waals surface area contributed by atoms with Crippen LogP contribution in [0.5, 0.6) is 0 Å². The number of carbonyl (C=O) groups excluding carboxylic acids is 1. The molecule has 4 aromatic rings. The maximum atomic E-state index is 12.7. The van der Waals surface area contributed by atoms with Gasteiger partial charge in [0.15, 0.2) is 0 Å². The minimum atomic E-state index is -0.205. The van der Waals surface area contributed by atoms with E-state index in [9.17, 15) is 4.79 Å². The lowest BCUT2D eigenvalue weighted by atomic mass is 10.1. The number of benzene rings is 1. The minimum Gasteiger partial charge on any atom is -0.342 e. The number of hydrogen-bond acceptors (Lipinski definition) is 7. The van der Waals surface area contributed by atoms with Gasteiger partial charge >= 0.3 is 0 Å². The van der Waals surface area contributed by atoms with Gasteiger partial charge in [0.2, 0.25) is 11.9 Å². The monoisotopic (exact) mass is 439 g/mol. The van der Waals surface area contributed by atoms with E-state index in [1.54, 1.807) is 28.0 Å². The fourth-order valence-electron chi connectivity index (χ4n) is 4.96. The lowest BCUT2D eigenvalue weighted by Gasteiger charge is -2.38. The van der Waals surface area contributed by atoms with E-state index in [1.807, 2.05) is 32.3 Å². The number of piperazine rings is 1. The second-order valence-corrected chi connectivity index (χ2v) is 8.66. The molecule has 2 fully saturated rings. The van der Waals surface area contributed by atoms with Crippen LogP contribution in [0.4, 0.5) is 5.95 Å². The van der Waals surface area contributed by atoms with E-state index >= 15 is 0 Å². The van der Waals surface area contributed by atoms with Crippen LogP contribution in [0.2, 0.25) is 0 Å². The quantitative estimate of drug-likeness (QED) is 0.520. The van der Waals surface area contributed by atoms with Crippen LogP contribution in [0.25, 0.3) is 28.0 Å². The second-order valence-electron chi connectivity index (χ2n) is 8.66. The van der Waals surface area contributed by atoms with Gasteiger partial charge in [-0.25, -0.2) is 14.6 Å². The van der Waals surface area contributed by atoms with Gasteiger partial charge in [0.05, 0.1) is 35.8 Å². The fourth-order valence-corrected chi connectivity index (χ4v) is 4.96. The number of amides is 1. The molecular weight excluding hydrogens is 418 g/mol. The molecule has 0 aliphatic carbocycles. The fraction of sp³-hybridized carbons (Fsp3) is 0.304. The Morgan fingerprint density at radius 1 is 1.24 bits per heavy atom. The van der Waals surface area contributed by atoms with E-state index in [-0.39, 0.29) is 18.0 Å². The third kappa shape index (κ3) is 2.96. The van der Waals surface area contributed by atoms with E-state index in [1.165, 1.54) is 0 Å². The van der Waals surface area contributed by atoms with Gasteiger partial charge in [-0.05, 0) is 43.5 Å². The first-order chi connectivity index (χ1) is 16.0. The van der Waals surface area contributed by atoms with Gasteiger partial charge in [-0.2, -0.15) is 15.5 Å². The van der Waals surface area contributed by atoms with Crippen LogP contribution in [-0.2, 0) is 4.79 Å².